The Morgan fingerprint density at radius 2 is 2.03 bits per heavy atom. The second kappa shape index (κ2) is 8.54. The highest BCUT2D eigenvalue weighted by Gasteiger charge is 2.21. The standard InChI is InChI=1S/C21H20ClN5O3S/c1-23-11-14-13-27(31(28,29)16-4-3-9-24-12-16)19-10-15(5-6-17(14)19)25-18-7-8-20(30-2)26-21(18)22/h3-10,12-13,23,25H,11H2,1-2H3. The van der Waals surface area contributed by atoms with Crippen LogP contribution in [0.2, 0.25) is 5.15 Å². The van der Waals surface area contributed by atoms with Crippen molar-refractivity contribution in [2.45, 2.75) is 11.4 Å². The molecule has 2 N–H and O–H groups in total. The molecular weight excluding hydrogens is 438 g/mol. The monoisotopic (exact) mass is 457 g/mol. The summed E-state index contributed by atoms with van der Waals surface area (Å²) in [5.74, 6) is 0.402. The third-order valence-electron chi connectivity index (χ3n) is 4.72. The quantitative estimate of drug-likeness (QED) is 0.407. The van der Waals surface area contributed by atoms with Crippen molar-refractivity contribution in [2.75, 3.05) is 19.5 Å². The summed E-state index contributed by atoms with van der Waals surface area (Å²) < 4.78 is 33.0. The molecule has 10 heteroatoms. The first kappa shape index (κ1) is 21.1. The average Bonchev–Trinajstić information content (AvgIpc) is 3.14. The maximum Gasteiger partial charge on any atom is 0.269 e. The summed E-state index contributed by atoms with van der Waals surface area (Å²) in [6.45, 7) is 0.521. The summed E-state index contributed by atoms with van der Waals surface area (Å²) in [6, 6.07) is 12.1. The molecule has 3 aromatic heterocycles. The van der Waals surface area contributed by atoms with Gasteiger partial charge < -0.3 is 15.4 Å². The van der Waals surface area contributed by atoms with Gasteiger partial charge in [-0.3, -0.25) is 4.98 Å². The first-order valence-corrected chi connectivity index (χ1v) is 11.2. The Morgan fingerprint density at radius 3 is 2.71 bits per heavy atom. The second-order valence-electron chi connectivity index (χ2n) is 6.72. The van der Waals surface area contributed by atoms with Gasteiger partial charge in [-0.05, 0) is 42.9 Å². The van der Waals surface area contributed by atoms with Gasteiger partial charge in [-0.25, -0.2) is 12.4 Å². The van der Waals surface area contributed by atoms with E-state index in [0.717, 1.165) is 10.9 Å². The van der Waals surface area contributed by atoms with E-state index in [1.807, 2.05) is 19.2 Å². The number of nitrogens with one attached hydrogen (secondary N) is 2. The van der Waals surface area contributed by atoms with Gasteiger partial charge in [0.05, 0.1) is 18.3 Å². The molecule has 160 valence electrons. The molecule has 0 aliphatic heterocycles. The van der Waals surface area contributed by atoms with Gasteiger partial charge in [0.15, 0.2) is 5.15 Å². The van der Waals surface area contributed by atoms with Gasteiger partial charge in [0.25, 0.3) is 10.0 Å². The van der Waals surface area contributed by atoms with Crippen LogP contribution in [0.5, 0.6) is 5.88 Å². The number of fused-ring (bicyclic) bond motifs is 1. The fourth-order valence-electron chi connectivity index (χ4n) is 3.27. The van der Waals surface area contributed by atoms with E-state index in [0.29, 0.717) is 29.3 Å². The molecule has 0 atom stereocenters. The van der Waals surface area contributed by atoms with Gasteiger partial charge >= 0.3 is 0 Å². The number of pyridine rings is 2. The lowest BCUT2D eigenvalue weighted by molar-refractivity contribution is 0.398. The van der Waals surface area contributed by atoms with E-state index in [9.17, 15) is 8.42 Å². The number of ether oxygens (including phenoxy) is 1. The molecule has 0 fully saturated rings. The van der Waals surface area contributed by atoms with Crippen molar-refractivity contribution in [3.8, 4) is 5.88 Å². The van der Waals surface area contributed by atoms with Crippen LogP contribution in [-0.2, 0) is 16.6 Å². The number of aromatic nitrogens is 3. The highest BCUT2D eigenvalue weighted by Crippen LogP contribution is 2.31. The van der Waals surface area contributed by atoms with Crippen LogP contribution in [0.15, 0.2) is 66.0 Å². The third kappa shape index (κ3) is 4.07. The molecule has 3 heterocycles. The molecule has 0 unspecified atom stereocenters. The van der Waals surface area contributed by atoms with E-state index in [-0.39, 0.29) is 10.0 Å². The molecular formula is C21H20ClN5O3S. The molecule has 4 rings (SSSR count). The number of halogens is 1. The maximum atomic E-state index is 13.3. The zero-order valence-corrected chi connectivity index (χ0v) is 18.4. The van der Waals surface area contributed by atoms with E-state index in [1.165, 1.54) is 29.5 Å². The molecule has 0 saturated heterocycles. The van der Waals surface area contributed by atoms with Gasteiger partial charge in [-0.15, -0.1) is 0 Å². The molecule has 31 heavy (non-hydrogen) atoms. The fourth-order valence-corrected chi connectivity index (χ4v) is 4.81. The normalized spacial score (nSPS) is 11.6. The number of nitrogens with zero attached hydrogens (tertiary/aromatic N) is 3. The molecule has 0 aliphatic rings. The number of rotatable bonds is 7. The van der Waals surface area contributed by atoms with Crippen molar-refractivity contribution in [1.82, 2.24) is 19.3 Å². The molecule has 1 aromatic carbocycles. The minimum absolute atomic E-state index is 0.115. The van der Waals surface area contributed by atoms with E-state index >= 15 is 0 Å². The minimum atomic E-state index is -3.83. The summed E-state index contributed by atoms with van der Waals surface area (Å²) in [6.07, 6.45) is 4.51. The predicted molar refractivity (Wildman–Crippen MR) is 121 cm³/mol. The lowest BCUT2D eigenvalue weighted by atomic mass is 10.1. The van der Waals surface area contributed by atoms with Gasteiger partial charge in [0, 0.05) is 42.3 Å². The molecule has 0 spiro atoms. The number of hydrogen-bond acceptors (Lipinski definition) is 7. The van der Waals surface area contributed by atoms with Crippen LogP contribution in [0, 0.1) is 0 Å². The summed E-state index contributed by atoms with van der Waals surface area (Å²) in [4.78, 5) is 8.20. The van der Waals surface area contributed by atoms with Gasteiger partial charge in [-0.1, -0.05) is 17.7 Å². The second-order valence-corrected chi connectivity index (χ2v) is 8.90. The predicted octanol–water partition coefficient (Wildman–Crippen LogP) is 3.79. The smallest absolute Gasteiger partial charge is 0.269 e. The Bertz CT molecular complexity index is 1340. The Hall–Kier alpha value is -3.14. The topological polar surface area (TPSA) is 98.1 Å². The zero-order valence-electron chi connectivity index (χ0n) is 16.8. The van der Waals surface area contributed by atoms with Gasteiger partial charge in [0.2, 0.25) is 5.88 Å². The fraction of sp³-hybridized carbons (Fsp3) is 0.143. The van der Waals surface area contributed by atoms with Crippen molar-refractivity contribution < 1.29 is 13.2 Å². The molecule has 8 nitrogen and oxygen atoms in total. The highest BCUT2D eigenvalue weighted by molar-refractivity contribution is 7.90. The largest absolute Gasteiger partial charge is 0.481 e. The first-order chi connectivity index (χ1) is 14.9. The zero-order chi connectivity index (χ0) is 22.0. The molecule has 0 radical (unpaired) electrons. The van der Waals surface area contributed by atoms with Gasteiger partial charge in [-0.2, -0.15) is 4.98 Å². The Balaban J connectivity index is 1.82. The number of benzene rings is 1. The molecule has 0 aliphatic carbocycles. The van der Waals surface area contributed by atoms with E-state index in [1.54, 1.807) is 30.5 Å². The van der Waals surface area contributed by atoms with Crippen LogP contribution < -0.4 is 15.4 Å². The SMILES string of the molecule is CNCc1cn(S(=O)(=O)c2cccnc2)c2cc(Nc3ccc(OC)nc3Cl)ccc12. The Labute approximate surface area is 184 Å². The van der Waals surface area contributed by atoms with Crippen molar-refractivity contribution >= 4 is 43.9 Å². The van der Waals surface area contributed by atoms with Gasteiger partial charge in [0.1, 0.15) is 4.90 Å². The lowest BCUT2D eigenvalue weighted by Gasteiger charge is -2.11. The maximum absolute atomic E-state index is 13.3. The minimum Gasteiger partial charge on any atom is -0.481 e. The Kier molecular flexibility index (Phi) is 5.81. The summed E-state index contributed by atoms with van der Waals surface area (Å²) >= 11 is 6.24. The van der Waals surface area contributed by atoms with Crippen LogP contribution >= 0.6 is 11.6 Å². The summed E-state index contributed by atoms with van der Waals surface area (Å²) in [7, 11) is -0.500. The van der Waals surface area contributed by atoms with Crippen molar-refractivity contribution in [1.29, 1.82) is 0 Å². The van der Waals surface area contributed by atoms with Crippen molar-refractivity contribution in [3.05, 3.63) is 71.8 Å². The average molecular weight is 458 g/mol. The molecule has 0 saturated carbocycles. The summed E-state index contributed by atoms with van der Waals surface area (Å²) in [5, 5.41) is 7.34. The Morgan fingerprint density at radius 1 is 1.19 bits per heavy atom. The number of hydrogen-bond donors (Lipinski definition) is 2. The van der Waals surface area contributed by atoms with E-state index < -0.39 is 10.0 Å². The molecule has 0 amide bonds. The van der Waals surface area contributed by atoms with Crippen LogP contribution in [0.4, 0.5) is 11.4 Å². The lowest BCUT2D eigenvalue weighted by Crippen LogP contribution is -2.12. The van der Waals surface area contributed by atoms with E-state index in [2.05, 4.69) is 20.6 Å². The summed E-state index contributed by atoms with van der Waals surface area (Å²) in [5.41, 5.74) is 2.64. The van der Waals surface area contributed by atoms with Crippen LogP contribution in [0.25, 0.3) is 10.9 Å². The van der Waals surface area contributed by atoms with Crippen molar-refractivity contribution in [2.24, 2.45) is 0 Å². The van der Waals surface area contributed by atoms with Crippen molar-refractivity contribution in [3.63, 3.8) is 0 Å². The van der Waals surface area contributed by atoms with Crippen LogP contribution in [0.1, 0.15) is 5.56 Å². The van der Waals surface area contributed by atoms with Crippen LogP contribution in [0.3, 0.4) is 0 Å². The number of anilines is 2. The highest BCUT2D eigenvalue weighted by atomic mass is 35.5. The molecule has 0 bridgehead atoms. The molecule has 4 aromatic rings. The third-order valence-corrected chi connectivity index (χ3v) is 6.67. The number of methoxy groups -OCH3 is 1. The van der Waals surface area contributed by atoms with E-state index in [4.69, 9.17) is 16.3 Å². The van der Waals surface area contributed by atoms with Crippen LogP contribution in [-0.4, -0.2) is 36.5 Å². The first-order valence-electron chi connectivity index (χ1n) is 9.36.